The molecule has 0 atom stereocenters. The van der Waals surface area contributed by atoms with E-state index in [0.29, 0.717) is 30.6 Å². The van der Waals surface area contributed by atoms with Gasteiger partial charge in [0.25, 0.3) is 0 Å². The van der Waals surface area contributed by atoms with E-state index in [9.17, 15) is 28.5 Å². The van der Waals surface area contributed by atoms with Gasteiger partial charge in [-0.2, -0.15) is 0 Å². The van der Waals surface area contributed by atoms with Gasteiger partial charge in [0.1, 0.15) is 29.8 Å². The first-order valence-corrected chi connectivity index (χ1v) is 16.8. The number of aldehydes is 1. The Bertz CT molecular complexity index is 927. The molecule has 11 nitrogen and oxygen atoms in total. The van der Waals surface area contributed by atoms with E-state index < -0.39 is 7.60 Å². The number of rotatable bonds is 8. The van der Waals surface area contributed by atoms with Crippen molar-refractivity contribution in [3.05, 3.63) is 12.2 Å². The Hall–Kier alpha value is -0.815. The maximum absolute atomic E-state index is 11.3. The van der Waals surface area contributed by atoms with Crippen LogP contribution in [0, 0.1) is 23.7 Å². The van der Waals surface area contributed by atoms with Crippen molar-refractivity contribution in [1.29, 1.82) is 0 Å². The van der Waals surface area contributed by atoms with Crippen LogP contribution in [0.25, 0.3) is 0 Å². The number of allylic oxidation sites excluding steroid dienone is 2. The number of hydrogen-bond donors (Lipinski definition) is 0. The Labute approximate surface area is 294 Å². The minimum absolute atomic E-state index is 0. The molecule has 4 fully saturated rings. The van der Waals surface area contributed by atoms with Gasteiger partial charge in [0.05, 0.1) is 6.42 Å². The van der Waals surface area contributed by atoms with Crippen LogP contribution in [-0.2, 0) is 51.8 Å². The molecule has 4 rings (SSSR count). The van der Waals surface area contributed by atoms with Crippen LogP contribution in [0.4, 0.5) is 0 Å². The van der Waals surface area contributed by atoms with Gasteiger partial charge in [-0.3, -0.25) is 23.7 Å². The van der Waals surface area contributed by atoms with E-state index in [2.05, 4.69) is 9.05 Å². The van der Waals surface area contributed by atoms with Gasteiger partial charge in [-0.1, -0.05) is 6.08 Å². The average molecular weight is 666 g/mol. The molecular formula is C31H52BNaO11P. The first-order valence-electron chi connectivity index (χ1n) is 15.1. The average Bonchev–Trinajstić information content (AvgIpc) is 3.01. The van der Waals surface area contributed by atoms with Gasteiger partial charge in [-0.25, -0.2) is 0 Å². The molecule has 1 saturated carbocycles. The molecule has 0 N–H and O–H groups in total. The Morgan fingerprint density at radius 2 is 1.22 bits per heavy atom. The van der Waals surface area contributed by atoms with Gasteiger partial charge in [-0.05, 0) is 76.2 Å². The van der Waals surface area contributed by atoms with E-state index in [4.69, 9.17) is 14.2 Å². The van der Waals surface area contributed by atoms with Crippen LogP contribution in [0.3, 0.4) is 0 Å². The van der Waals surface area contributed by atoms with Crippen LogP contribution >= 0.6 is 7.60 Å². The van der Waals surface area contributed by atoms with Crippen molar-refractivity contribution in [3.8, 4) is 0 Å². The maximum atomic E-state index is 11.3. The zero-order valence-electron chi connectivity index (χ0n) is 28.9. The van der Waals surface area contributed by atoms with Gasteiger partial charge >= 0.3 is 37.2 Å². The Balaban J connectivity index is -0.000000535. The summed E-state index contributed by atoms with van der Waals surface area (Å²) in [5, 5.41) is 0. The summed E-state index contributed by atoms with van der Waals surface area (Å²) in [5.41, 5.74) is 0. The molecule has 251 valence electrons. The molecule has 14 heteroatoms. The van der Waals surface area contributed by atoms with E-state index in [1.54, 1.807) is 13.0 Å². The fourth-order valence-electron chi connectivity index (χ4n) is 5.05. The molecule has 0 aromatic rings. The molecule has 45 heavy (non-hydrogen) atoms. The summed E-state index contributed by atoms with van der Waals surface area (Å²) in [7, 11) is -0.572. The maximum Gasteiger partial charge on any atom is 1.00 e. The van der Waals surface area contributed by atoms with Crippen molar-refractivity contribution < 1.29 is 82.8 Å². The third kappa shape index (κ3) is 22.4. The first kappa shape index (κ1) is 46.3. The van der Waals surface area contributed by atoms with Crippen LogP contribution in [0.1, 0.15) is 73.1 Å². The van der Waals surface area contributed by atoms with Crippen molar-refractivity contribution in [3.63, 3.8) is 0 Å². The van der Waals surface area contributed by atoms with Gasteiger partial charge in [0.15, 0.2) is 5.78 Å². The van der Waals surface area contributed by atoms with E-state index in [0.717, 1.165) is 84.5 Å². The SMILES string of the molecule is CC(=O)/C=C/C1CCOCC1.COP(=O)(CC(C)=O)OC.O=C1CC(=O)CC(C2CCOCC2)C1.O=CC1CCOCC1.[B].[H-].[Na+]. The minimum Gasteiger partial charge on any atom is -1.00 e. The summed E-state index contributed by atoms with van der Waals surface area (Å²) in [4.78, 5) is 53.7. The van der Waals surface area contributed by atoms with E-state index in [1.165, 1.54) is 21.1 Å². The number of carbonyl (C=O) groups is 5. The molecule has 0 aromatic heterocycles. The van der Waals surface area contributed by atoms with Crippen LogP contribution in [0.5, 0.6) is 0 Å². The normalized spacial score (nSPS) is 20.1. The predicted octanol–water partition coefficient (Wildman–Crippen LogP) is 1.32. The standard InChI is InChI=1S/C11H16O3.C9H14O2.C6H10O2.C5H11O4P.B.Na.H/c12-10-5-9(6-11(13)7-10)8-1-3-14-4-2-8;1-8(10)2-3-9-4-6-11-7-5-9;7-5-6-1-3-8-4-2-6;1-5(6)4-10(7,8-2)9-3;;;/h8-9H,1-7H2;2-3,9H,4-7H2,1H3;5-6H,1-4H2;4H2,1-3H3;;;/q;;;;;+1;-1/b;3-2+;;;;;. The zero-order chi connectivity index (χ0) is 32.1. The van der Waals surface area contributed by atoms with Crippen molar-refractivity contribution >= 4 is 45.4 Å². The summed E-state index contributed by atoms with van der Waals surface area (Å²) < 4.78 is 35.6. The molecule has 0 bridgehead atoms. The van der Waals surface area contributed by atoms with Crippen LogP contribution in [-0.4, -0.2) is 97.9 Å². The molecule has 3 saturated heterocycles. The molecule has 1 aliphatic carbocycles. The summed E-state index contributed by atoms with van der Waals surface area (Å²) in [6.07, 6.45) is 12.0. The molecular weight excluding hydrogens is 613 g/mol. The van der Waals surface area contributed by atoms with Gasteiger partial charge in [-0.15, -0.1) is 0 Å². The summed E-state index contributed by atoms with van der Waals surface area (Å²) in [6.45, 7) is 7.72. The first-order chi connectivity index (χ1) is 20.5. The van der Waals surface area contributed by atoms with E-state index >= 15 is 0 Å². The Morgan fingerprint density at radius 1 is 0.800 bits per heavy atom. The predicted molar refractivity (Wildman–Crippen MR) is 168 cm³/mol. The second-order valence-electron chi connectivity index (χ2n) is 11.2. The second kappa shape index (κ2) is 27.2. The van der Waals surface area contributed by atoms with Crippen LogP contribution < -0.4 is 29.6 Å². The smallest absolute Gasteiger partial charge is 1.00 e. The topological polar surface area (TPSA) is 149 Å². The Morgan fingerprint density at radius 3 is 1.56 bits per heavy atom. The molecule has 0 aromatic carbocycles. The van der Waals surface area contributed by atoms with Gasteiger partial charge in [0, 0.05) is 81.0 Å². The number of carbonyl (C=O) groups excluding carboxylic acids is 5. The fourth-order valence-corrected chi connectivity index (χ4v) is 6.00. The van der Waals surface area contributed by atoms with Crippen LogP contribution in [0.2, 0.25) is 0 Å². The molecule has 0 amide bonds. The van der Waals surface area contributed by atoms with E-state index in [-0.39, 0.29) is 81.0 Å². The molecule has 3 heterocycles. The number of Topliss-reactive ketones (excluding diaryl/α,β-unsaturated/α-hetero) is 3. The molecule has 0 unspecified atom stereocenters. The molecule has 4 aliphatic rings. The summed E-state index contributed by atoms with van der Waals surface area (Å²) in [6, 6.07) is 0. The van der Waals surface area contributed by atoms with Crippen molar-refractivity contribution in [2.75, 3.05) is 60.0 Å². The molecule has 3 aliphatic heterocycles. The number of ether oxygens (including phenoxy) is 3. The van der Waals surface area contributed by atoms with Gasteiger partial charge in [0.2, 0.25) is 0 Å². The minimum atomic E-state index is -3.09. The van der Waals surface area contributed by atoms with Gasteiger partial charge < -0.3 is 29.5 Å². The number of hydrogen-bond acceptors (Lipinski definition) is 11. The van der Waals surface area contributed by atoms with Crippen molar-refractivity contribution in [2.24, 2.45) is 23.7 Å². The van der Waals surface area contributed by atoms with Crippen molar-refractivity contribution in [2.45, 2.75) is 71.6 Å². The third-order valence-corrected chi connectivity index (χ3v) is 9.55. The summed E-state index contributed by atoms with van der Waals surface area (Å²) in [5.74, 6) is 1.90. The largest absolute Gasteiger partial charge is 1.00 e. The third-order valence-electron chi connectivity index (χ3n) is 7.61. The van der Waals surface area contributed by atoms with Crippen molar-refractivity contribution in [1.82, 2.24) is 0 Å². The van der Waals surface area contributed by atoms with E-state index in [1.807, 2.05) is 6.08 Å². The number of ketones is 4. The fraction of sp³-hybridized carbons (Fsp3) is 0.774. The quantitative estimate of drug-likeness (QED) is 0.122. The summed E-state index contributed by atoms with van der Waals surface area (Å²) >= 11 is 0. The molecule has 3 radical (unpaired) electrons. The Kier molecular flexibility index (Phi) is 28.0. The van der Waals surface area contributed by atoms with Crippen LogP contribution in [0.15, 0.2) is 12.2 Å². The zero-order valence-corrected chi connectivity index (χ0v) is 30.8. The monoisotopic (exact) mass is 665 g/mol. The second-order valence-corrected chi connectivity index (χ2v) is 13.5. The molecule has 0 spiro atoms.